The Kier molecular flexibility index (Phi) is 3.99. The highest BCUT2D eigenvalue weighted by atomic mass is 35.5. The molecule has 1 aromatic heterocycles. The van der Waals surface area contributed by atoms with Crippen molar-refractivity contribution < 1.29 is 4.21 Å². The second-order valence-corrected chi connectivity index (χ2v) is 6.31. The van der Waals surface area contributed by atoms with Crippen LogP contribution in [0.1, 0.15) is 26.5 Å². The van der Waals surface area contributed by atoms with Gasteiger partial charge in [0.05, 0.1) is 16.0 Å². The van der Waals surface area contributed by atoms with Crippen molar-refractivity contribution >= 4 is 28.8 Å². The molecule has 1 rings (SSSR count). The average Bonchev–Trinajstić information content (AvgIpc) is 2.14. The summed E-state index contributed by atoms with van der Waals surface area (Å²) in [5.41, 5.74) is 0.539. The largest absolute Gasteiger partial charge is 0.254 e. The van der Waals surface area contributed by atoms with Crippen LogP contribution in [0, 0.1) is 0 Å². The minimum Gasteiger partial charge on any atom is -0.254 e. The van der Waals surface area contributed by atoms with Crippen molar-refractivity contribution in [1.82, 2.24) is 4.98 Å². The molecule has 82 valence electrons. The van der Waals surface area contributed by atoms with Gasteiger partial charge in [-0.3, -0.25) is 4.98 Å². The summed E-state index contributed by atoms with van der Waals surface area (Å²) in [6.07, 6.45) is 3.07. The van der Waals surface area contributed by atoms with E-state index in [9.17, 15) is 4.21 Å². The van der Waals surface area contributed by atoms with Crippen molar-refractivity contribution in [3.05, 3.63) is 29.0 Å². The number of rotatable bonds is 2. The molecule has 5 heteroatoms. The maximum absolute atomic E-state index is 11.6. The lowest BCUT2D eigenvalue weighted by atomic mass is 10.3. The summed E-state index contributed by atoms with van der Waals surface area (Å²) < 4.78 is 15.2. The zero-order chi connectivity index (χ0) is 11.5. The van der Waals surface area contributed by atoms with E-state index in [1.165, 1.54) is 6.21 Å². The van der Waals surface area contributed by atoms with E-state index in [1.54, 1.807) is 18.3 Å². The summed E-state index contributed by atoms with van der Waals surface area (Å²) in [5.74, 6) is 0. The second-order valence-electron chi connectivity index (χ2n) is 3.97. The van der Waals surface area contributed by atoms with Gasteiger partial charge in [-0.2, -0.15) is 4.40 Å². The maximum Gasteiger partial charge on any atom is 0.144 e. The highest BCUT2D eigenvalue weighted by molar-refractivity contribution is 7.85. The number of aromatic nitrogens is 1. The van der Waals surface area contributed by atoms with Crippen LogP contribution in [0.15, 0.2) is 22.7 Å². The molecule has 1 aromatic rings. The minimum atomic E-state index is -1.28. The molecule has 0 unspecified atom stereocenters. The van der Waals surface area contributed by atoms with E-state index < -0.39 is 11.0 Å². The second kappa shape index (κ2) is 4.86. The van der Waals surface area contributed by atoms with Crippen LogP contribution in [0.4, 0.5) is 0 Å². The SMILES string of the molecule is CC(C)(C)[S@@](=O)N=Cc1ncccc1Cl. The lowest BCUT2D eigenvalue weighted by molar-refractivity contribution is 0.651. The molecule has 0 saturated heterocycles. The molecule has 0 amide bonds. The Balaban J connectivity index is 2.84. The highest BCUT2D eigenvalue weighted by Crippen LogP contribution is 2.14. The van der Waals surface area contributed by atoms with E-state index in [-0.39, 0.29) is 4.75 Å². The topological polar surface area (TPSA) is 42.3 Å². The highest BCUT2D eigenvalue weighted by Gasteiger charge is 2.18. The standard InChI is InChI=1S/C10H13ClN2OS/c1-10(2,3)15(14)13-7-9-8(11)5-4-6-12-9/h4-7H,1-3H3/t15-/m1/s1. The fraction of sp³-hybridized carbons (Fsp3) is 0.400. The molecule has 0 saturated carbocycles. The van der Waals surface area contributed by atoms with Crippen LogP contribution in [-0.4, -0.2) is 20.2 Å². The molecule has 0 spiro atoms. The maximum atomic E-state index is 11.6. The molecule has 0 fully saturated rings. The van der Waals surface area contributed by atoms with Crippen molar-refractivity contribution in [2.24, 2.45) is 4.40 Å². The first-order valence-corrected chi connectivity index (χ1v) is 5.96. The molecule has 1 atom stereocenters. The van der Waals surface area contributed by atoms with Gasteiger partial charge >= 0.3 is 0 Å². The van der Waals surface area contributed by atoms with Gasteiger partial charge in [-0.15, -0.1) is 0 Å². The molecule has 15 heavy (non-hydrogen) atoms. The molecular weight excluding hydrogens is 232 g/mol. The van der Waals surface area contributed by atoms with Gasteiger partial charge in [-0.05, 0) is 32.9 Å². The Hall–Kier alpha value is -0.740. The predicted molar refractivity (Wildman–Crippen MR) is 64.7 cm³/mol. The summed E-state index contributed by atoms with van der Waals surface area (Å²) >= 11 is 5.87. The quantitative estimate of drug-likeness (QED) is 0.751. The number of hydrogen-bond donors (Lipinski definition) is 0. The van der Waals surface area contributed by atoms with Crippen molar-refractivity contribution in [2.75, 3.05) is 0 Å². The Morgan fingerprint density at radius 1 is 1.53 bits per heavy atom. The van der Waals surface area contributed by atoms with Gasteiger partial charge in [0.25, 0.3) is 0 Å². The first-order chi connectivity index (χ1) is 6.91. The van der Waals surface area contributed by atoms with E-state index in [4.69, 9.17) is 11.6 Å². The minimum absolute atomic E-state index is 0.363. The summed E-state index contributed by atoms with van der Waals surface area (Å²) in [4.78, 5) is 4.02. The van der Waals surface area contributed by atoms with Gasteiger partial charge in [-0.25, -0.2) is 4.21 Å². The van der Waals surface area contributed by atoms with E-state index in [0.717, 1.165) is 0 Å². The molecule has 0 aliphatic rings. The summed E-state index contributed by atoms with van der Waals surface area (Å²) in [6.45, 7) is 5.58. The smallest absolute Gasteiger partial charge is 0.144 e. The first kappa shape index (κ1) is 12.3. The monoisotopic (exact) mass is 244 g/mol. The van der Waals surface area contributed by atoms with E-state index in [1.807, 2.05) is 20.8 Å². The van der Waals surface area contributed by atoms with E-state index in [0.29, 0.717) is 10.7 Å². The number of nitrogens with zero attached hydrogens (tertiary/aromatic N) is 2. The Labute approximate surface area is 97.2 Å². The number of pyridine rings is 1. The third-order valence-electron chi connectivity index (χ3n) is 1.58. The van der Waals surface area contributed by atoms with E-state index in [2.05, 4.69) is 9.38 Å². The van der Waals surface area contributed by atoms with Gasteiger partial charge in [0, 0.05) is 6.20 Å². The normalized spacial score (nSPS) is 14.4. The molecule has 3 nitrogen and oxygen atoms in total. The Bertz CT molecular complexity index is 399. The zero-order valence-corrected chi connectivity index (χ0v) is 10.5. The van der Waals surface area contributed by atoms with Crippen LogP contribution in [0.2, 0.25) is 5.02 Å². The molecule has 0 aliphatic carbocycles. The fourth-order valence-electron chi connectivity index (χ4n) is 0.749. The zero-order valence-electron chi connectivity index (χ0n) is 8.90. The lowest BCUT2D eigenvalue weighted by Gasteiger charge is -2.12. The molecule has 0 radical (unpaired) electrons. The number of hydrogen-bond acceptors (Lipinski definition) is 2. The third-order valence-corrected chi connectivity index (χ3v) is 3.25. The van der Waals surface area contributed by atoms with Gasteiger partial charge in [0.2, 0.25) is 0 Å². The van der Waals surface area contributed by atoms with Crippen molar-refractivity contribution in [2.45, 2.75) is 25.5 Å². The van der Waals surface area contributed by atoms with Crippen LogP contribution in [0.25, 0.3) is 0 Å². The van der Waals surface area contributed by atoms with Crippen molar-refractivity contribution in [1.29, 1.82) is 0 Å². The van der Waals surface area contributed by atoms with Gasteiger partial charge in [0.1, 0.15) is 16.7 Å². The summed E-state index contributed by atoms with van der Waals surface area (Å²) in [6, 6.07) is 3.45. The summed E-state index contributed by atoms with van der Waals surface area (Å²) in [7, 11) is -1.28. The molecule has 0 aliphatic heterocycles. The summed E-state index contributed by atoms with van der Waals surface area (Å²) in [5, 5.41) is 0.507. The Morgan fingerprint density at radius 3 is 2.73 bits per heavy atom. The molecule has 1 heterocycles. The fourth-order valence-corrected chi connectivity index (χ4v) is 1.43. The van der Waals surface area contributed by atoms with Crippen molar-refractivity contribution in [3.8, 4) is 0 Å². The molecule has 0 N–H and O–H groups in total. The van der Waals surface area contributed by atoms with Crippen LogP contribution in [0.3, 0.4) is 0 Å². The van der Waals surface area contributed by atoms with Crippen LogP contribution in [0.5, 0.6) is 0 Å². The third kappa shape index (κ3) is 3.72. The van der Waals surface area contributed by atoms with Gasteiger partial charge in [0.15, 0.2) is 0 Å². The van der Waals surface area contributed by atoms with Crippen molar-refractivity contribution in [3.63, 3.8) is 0 Å². The first-order valence-electron chi connectivity index (χ1n) is 4.48. The lowest BCUT2D eigenvalue weighted by Crippen LogP contribution is -2.19. The van der Waals surface area contributed by atoms with E-state index >= 15 is 0 Å². The molecule has 0 bridgehead atoms. The molecular formula is C10H13ClN2OS. The Morgan fingerprint density at radius 2 is 2.20 bits per heavy atom. The van der Waals surface area contributed by atoms with Crippen LogP contribution < -0.4 is 0 Å². The van der Waals surface area contributed by atoms with Gasteiger partial charge < -0.3 is 0 Å². The predicted octanol–water partition coefficient (Wildman–Crippen LogP) is 2.62. The number of halogens is 1. The van der Waals surface area contributed by atoms with Crippen LogP contribution >= 0.6 is 11.6 Å². The molecule has 0 aromatic carbocycles. The van der Waals surface area contributed by atoms with Gasteiger partial charge in [-0.1, -0.05) is 11.6 Å². The average molecular weight is 245 g/mol. The van der Waals surface area contributed by atoms with Crippen LogP contribution in [-0.2, 0) is 11.0 Å².